The van der Waals surface area contributed by atoms with Crippen LogP contribution in [-0.4, -0.2) is 51.9 Å². The average Bonchev–Trinajstić information content (AvgIpc) is 3.14. The largest absolute Gasteiger partial charge is 0.378 e. The molecule has 1 aromatic heterocycles. The monoisotopic (exact) mass is 448 g/mol. The molecular formula is C26H29FN4O2. The number of hydrogen-bond donors (Lipinski definition) is 1. The molecule has 2 aliphatic heterocycles. The molecule has 7 heteroatoms. The first-order valence-electron chi connectivity index (χ1n) is 12.0. The maximum absolute atomic E-state index is 13.3. The van der Waals surface area contributed by atoms with E-state index in [1.54, 1.807) is 0 Å². The summed E-state index contributed by atoms with van der Waals surface area (Å²) in [6, 6.07) is 15.7. The molecule has 6 rings (SSSR count). The van der Waals surface area contributed by atoms with Crippen molar-refractivity contribution >= 4 is 16.8 Å². The molecule has 6 nitrogen and oxygen atoms in total. The minimum atomic E-state index is -0.212. The molecule has 2 saturated heterocycles. The van der Waals surface area contributed by atoms with Crippen LogP contribution in [0.25, 0.3) is 10.9 Å². The molecule has 3 fully saturated rings. The molecule has 1 unspecified atom stereocenters. The maximum Gasteiger partial charge on any atom is 0.272 e. The number of morpholine rings is 1. The van der Waals surface area contributed by atoms with Crippen LogP contribution in [-0.2, 0) is 11.3 Å². The van der Waals surface area contributed by atoms with Crippen LogP contribution in [0.2, 0.25) is 0 Å². The number of hydrogen-bond acceptors (Lipinski definition) is 4. The molecule has 3 aliphatic rings. The molecule has 0 radical (unpaired) electrons. The lowest BCUT2D eigenvalue weighted by atomic mass is 9.89. The standard InChI is InChI=1S/C26H29FN4O2/c27-18-10-8-17(9-11-18)14-30-21-12-19(13-22(30)16-33-15-21)28-26(32)25-23-6-1-2-7-24(23)31(29-25)20-4-3-5-20/h1-2,6-11,19-22H,3-5,12-16H2,(H,28,32)/t19?,21-,22+. The van der Waals surface area contributed by atoms with Crippen LogP contribution in [0.15, 0.2) is 48.5 Å². The number of halogens is 1. The molecule has 3 heterocycles. The van der Waals surface area contributed by atoms with E-state index in [0.29, 0.717) is 24.9 Å². The van der Waals surface area contributed by atoms with Crippen molar-refractivity contribution in [2.75, 3.05) is 13.2 Å². The SMILES string of the molecule is O=C(NC1C[C@H]2COC[C@@H](C1)N2Cc1ccc(F)cc1)c1nn(C2CCC2)c2ccccc12. The first-order chi connectivity index (χ1) is 16.2. The molecule has 1 aliphatic carbocycles. The Kier molecular flexibility index (Phi) is 5.38. The number of carbonyl (C=O) groups excluding carboxylic acids is 1. The van der Waals surface area contributed by atoms with Crippen LogP contribution in [0.5, 0.6) is 0 Å². The van der Waals surface area contributed by atoms with Crippen molar-refractivity contribution < 1.29 is 13.9 Å². The van der Waals surface area contributed by atoms with Crippen molar-refractivity contribution in [2.24, 2.45) is 0 Å². The normalized spacial score (nSPS) is 25.7. The zero-order valence-electron chi connectivity index (χ0n) is 18.6. The Morgan fingerprint density at radius 2 is 1.76 bits per heavy atom. The molecule has 3 aromatic rings. The van der Waals surface area contributed by atoms with Crippen LogP contribution in [0.1, 0.15) is 54.2 Å². The third-order valence-corrected chi connectivity index (χ3v) is 7.53. The molecule has 1 N–H and O–H groups in total. The van der Waals surface area contributed by atoms with Crippen molar-refractivity contribution in [1.29, 1.82) is 0 Å². The van der Waals surface area contributed by atoms with E-state index in [4.69, 9.17) is 9.84 Å². The fourth-order valence-corrected chi connectivity index (χ4v) is 5.59. The number of carbonyl (C=O) groups is 1. The summed E-state index contributed by atoms with van der Waals surface area (Å²) in [7, 11) is 0. The number of ether oxygens (including phenoxy) is 1. The summed E-state index contributed by atoms with van der Waals surface area (Å²) in [5.74, 6) is -0.295. The summed E-state index contributed by atoms with van der Waals surface area (Å²) in [4.78, 5) is 15.8. The van der Waals surface area contributed by atoms with E-state index in [0.717, 1.165) is 48.7 Å². The van der Waals surface area contributed by atoms with E-state index in [2.05, 4.69) is 21.0 Å². The molecule has 172 valence electrons. The first-order valence-corrected chi connectivity index (χ1v) is 12.0. The smallest absolute Gasteiger partial charge is 0.272 e. The van der Waals surface area contributed by atoms with Crippen LogP contribution in [0.3, 0.4) is 0 Å². The molecule has 33 heavy (non-hydrogen) atoms. The second-order valence-electron chi connectivity index (χ2n) is 9.68. The Bertz CT molecular complexity index is 1140. The van der Waals surface area contributed by atoms with E-state index in [1.807, 2.05) is 30.3 Å². The van der Waals surface area contributed by atoms with Crippen molar-refractivity contribution in [2.45, 2.75) is 62.8 Å². The van der Waals surface area contributed by atoms with E-state index >= 15 is 0 Å². The summed E-state index contributed by atoms with van der Waals surface area (Å²) in [5.41, 5.74) is 2.68. The van der Waals surface area contributed by atoms with Crippen molar-refractivity contribution in [3.8, 4) is 0 Å². The number of nitrogens with one attached hydrogen (secondary N) is 1. The summed E-state index contributed by atoms with van der Waals surface area (Å²) in [6.45, 7) is 2.09. The van der Waals surface area contributed by atoms with Crippen LogP contribution in [0.4, 0.5) is 4.39 Å². The van der Waals surface area contributed by atoms with E-state index in [9.17, 15) is 9.18 Å². The van der Waals surface area contributed by atoms with Crippen molar-refractivity contribution in [1.82, 2.24) is 20.0 Å². The Labute approximate surface area is 192 Å². The first kappa shape index (κ1) is 20.8. The lowest BCUT2D eigenvalue weighted by Crippen LogP contribution is -2.60. The summed E-state index contributed by atoms with van der Waals surface area (Å²) >= 11 is 0. The van der Waals surface area contributed by atoms with Crippen LogP contribution < -0.4 is 5.32 Å². The van der Waals surface area contributed by atoms with E-state index < -0.39 is 0 Å². The van der Waals surface area contributed by atoms with E-state index in [-0.39, 0.29) is 29.8 Å². The summed E-state index contributed by atoms with van der Waals surface area (Å²) in [6.07, 6.45) is 5.16. The second kappa shape index (κ2) is 8.54. The van der Waals surface area contributed by atoms with Crippen molar-refractivity contribution in [3.63, 3.8) is 0 Å². The zero-order valence-corrected chi connectivity index (χ0v) is 18.6. The van der Waals surface area contributed by atoms with Gasteiger partial charge in [0.05, 0.1) is 24.8 Å². The van der Waals surface area contributed by atoms with Gasteiger partial charge in [0.1, 0.15) is 5.82 Å². The van der Waals surface area contributed by atoms with Gasteiger partial charge >= 0.3 is 0 Å². The highest BCUT2D eigenvalue weighted by atomic mass is 19.1. The van der Waals surface area contributed by atoms with Gasteiger partial charge in [0.2, 0.25) is 0 Å². The number of aromatic nitrogens is 2. The second-order valence-corrected chi connectivity index (χ2v) is 9.68. The highest BCUT2D eigenvalue weighted by Gasteiger charge is 2.39. The molecule has 1 amide bonds. The third kappa shape index (κ3) is 3.93. The molecule has 2 bridgehead atoms. The number of rotatable bonds is 5. The lowest BCUT2D eigenvalue weighted by molar-refractivity contribution is -0.0843. The van der Waals surface area contributed by atoms with Crippen molar-refractivity contribution in [3.05, 3.63) is 65.6 Å². The summed E-state index contributed by atoms with van der Waals surface area (Å²) < 4.78 is 21.2. The lowest BCUT2D eigenvalue weighted by Gasteiger charge is -2.48. The van der Waals surface area contributed by atoms with Gasteiger partial charge in [-0.15, -0.1) is 0 Å². The predicted octanol–water partition coefficient (Wildman–Crippen LogP) is 4.06. The van der Waals surface area contributed by atoms with Gasteiger partial charge in [-0.05, 0) is 55.9 Å². The Morgan fingerprint density at radius 3 is 2.45 bits per heavy atom. The molecule has 0 spiro atoms. The minimum Gasteiger partial charge on any atom is -0.378 e. The zero-order chi connectivity index (χ0) is 22.4. The Hall–Kier alpha value is -2.77. The maximum atomic E-state index is 13.3. The van der Waals surface area contributed by atoms with Gasteiger partial charge < -0.3 is 10.1 Å². The Balaban J connectivity index is 1.18. The van der Waals surface area contributed by atoms with Gasteiger partial charge in [-0.25, -0.2) is 4.39 Å². The number of benzene rings is 2. The quantitative estimate of drug-likeness (QED) is 0.640. The average molecular weight is 449 g/mol. The third-order valence-electron chi connectivity index (χ3n) is 7.53. The number of nitrogens with zero attached hydrogens (tertiary/aromatic N) is 3. The number of amides is 1. The number of piperidine rings is 1. The topological polar surface area (TPSA) is 59.4 Å². The fourth-order valence-electron chi connectivity index (χ4n) is 5.59. The van der Waals surface area contributed by atoms with Gasteiger partial charge in [0.15, 0.2) is 5.69 Å². The molecular weight excluding hydrogens is 419 g/mol. The fraction of sp³-hybridized carbons (Fsp3) is 0.462. The van der Waals surface area contributed by atoms with Gasteiger partial charge in [0.25, 0.3) is 5.91 Å². The number of fused-ring (bicyclic) bond motifs is 3. The van der Waals surface area contributed by atoms with Crippen LogP contribution >= 0.6 is 0 Å². The van der Waals surface area contributed by atoms with Gasteiger partial charge in [-0.2, -0.15) is 5.10 Å². The summed E-state index contributed by atoms with van der Waals surface area (Å²) in [5, 5.41) is 8.99. The van der Waals surface area contributed by atoms with Crippen LogP contribution in [0, 0.1) is 5.82 Å². The molecule has 1 saturated carbocycles. The number of para-hydroxylation sites is 1. The van der Waals surface area contributed by atoms with Gasteiger partial charge in [-0.1, -0.05) is 30.3 Å². The molecule has 2 aromatic carbocycles. The predicted molar refractivity (Wildman–Crippen MR) is 123 cm³/mol. The highest BCUT2D eigenvalue weighted by Crippen LogP contribution is 2.35. The Morgan fingerprint density at radius 1 is 1.03 bits per heavy atom. The minimum absolute atomic E-state index is 0.0831. The van der Waals surface area contributed by atoms with Gasteiger partial charge in [0, 0.05) is 30.1 Å². The molecule has 3 atom stereocenters. The highest BCUT2D eigenvalue weighted by molar-refractivity contribution is 6.05. The van der Waals surface area contributed by atoms with Gasteiger partial charge in [-0.3, -0.25) is 14.4 Å². The van der Waals surface area contributed by atoms with E-state index in [1.165, 1.54) is 18.6 Å².